The minimum Gasteiger partial charge on any atom is -0.494 e. The van der Waals surface area contributed by atoms with E-state index >= 15 is 0 Å². The Bertz CT molecular complexity index is 826. The summed E-state index contributed by atoms with van der Waals surface area (Å²) in [6.45, 7) is 8.04. The Labute approximate surface area is 178 Å². The first-order valence-corrected chi connectivity index (χ1v) is 10.5. The molecule has 1 amide bonds. The fraction of sp³-hybridized carbons (Fsp3) is 0.435. The Hall–Kier alpha value is -2.77. The van der Waals surface area contributed by atoms with Crippen molar-refractivity contribution in [1.82, 2.24) is 16.2 Å². The molecule has 3 N–H and O–H groups in total. The Kier molecular flexibility index (Phi) is 7.93. The van der Waals surface area contributed by atoms with Crippen molar-refractivity contribution in [3.05, 3.63) is 53.6 Å². The molecule has 30 heavy (non-hydrogen) atoms. The molecule has 7 heteroatoms. The van der Waals surface area contributed by atoms with Crippen LogP contribution in [-0.2, 0) is 11.3 Å². The molecule has 2 aromatic carbocycles. The second-order valence-electron chi connectivity index (χ2n) is 7.00. The molecule has 2 atom stereocenters. The van der Waals surface area contributed by atoms with Gasteiger partial charge in [-0.3, -0.25) is 4.79 Å². The second-order valence-corrected chi connectivity index (χ2v) is 7.00. The largest absolute Gasteiger partial charge is 0.494 e. The molecule has 1 fully saturated rings. The molecule has 0 bridgehead atoms. The highest BCUT2D eigenvalue weighted by molar-refractivity contribution is 5.82. The van der Waals surface area contributed by atoms with E-state index in [1.165, 1.54) is 0 Å². The first-order chi connectivity index (χ1) is 14.6. The summed E-state index contributed by atoms with van der Waals surface area (Å²) in [6, 6.07) is 13.5. The minimum atomic E-state index is -0.296. The maximum Gasteiger partial charge on any atom is 0.238 e. The lowest BCUT2D eigenvalue weighted by atomic mass is 10.0. The maximum absolute atomic E-state index is 12.6. The van der Waals surface area contributed by atoms with E-state index in [9.17, 15) is 4.79 Å². The number of nitrogens with one attached hydrogen (secondary N) is 3. The van der Waals surface area contributed by atoms with Gasteiger partial charge in [-0.15, -0.1) is 0 Å². The van der Waals surface area contributed by atoms with Crippen LogP contribution in [0.15, 0.2) is 42.5 Å². The van der Waals surface area contributed by atoms with Crippen molar-refractivity contribution in [2.45, 2.75) is 45.8 Å². The summed E-state index contributed by atoms with van der Waals surface area (Å²) < 4.78 is 16.7. The lowest BCUT2D eigenvalue weighted by molar-refractivity contribution is -0.123. The van der Waals surface area contributed by atoms with Gasteiger partial charge in [0, 0.05) is 12.6 Å². The molecule has 3 rings (SSSR count). The fourth-order valence-corrected chi connectivity index (χ4v) is 3.43. The van der Waals surface area contributed by atoms with Gasteiger partial charge in [0.1, 0.15) is 11.8 Å². The van der Waals surface area contributed by atoms with Crippen LogP contribution >= 0.6 is 0 Å². The van der Waals surface area contributed by atoms with Gasteiger partial charge in [0.2, 0.25) is 5.91 Å². The van der Waals surface area contributed by atoms with Crippen molar-refractivity contribution in [3.8, 4) is 17.2 Å². The van der Waals surface area contributed by atoms with Crippen molar-refractivity contribution in [1.29, 1.82) is 0 Å². The molecule has 0 aliphatic carbocycles. The van der Waals surface area contributed by atoms with E-state index in [2.05, 4.69) is 16.2 Å². The number of hydrogen-bond donors (Lipinski definition) is 3. The van der Waals surface area contributed by atoms with Gasteiger partial charge in [0.05, 0.1) is 19.8 Å². The number of benzene rings is 2. The van der Waals surface area contributed by atoms with Gasteiger partial charge in [0.15, 0.2) is 11.5 Å². The first kappa shape index (κ1) is 21.9. The molecule has 7 nitrogen and oxygen atoms in total. The summed E-state index contributed by atoms with van der Waals surface area (Å²) in [5.41, 5.74) is 8.40. The molecule has 2 unspecified atom stereocenters. The summed E-state index contributed by atoms with van der Waals surface area (Å²) in [5.74, 6) is 2.22. The van der Waals surface area contributed by atoms with Crippen LogP contribution in [0.25, 0.3) is 0 Å². The molecule has 1 saturated heterocycles. The number of hydrogen-bond acceptors (Lipinski definition) is 6. The fourth-order valence-electron chi connectivity index (χ4n) is 3.43. The first-order valence-electron chi connectivity index (χ1n) is 10.5. The third-order valence-electron chi connectivity index (χ3n) is 4.89. The molecule has 0 aromatic heterocycles. The van der Waals surface area contributed by atoms with Crippen molar-refractivity contribution >= 4 is 5.91 Å². The van der Waals surface area contributed by atoms with Crippen LogP contribution in [0.2, 0.25) is 0 Å². The maximum atomic E-state index is 12.6. The van der Waals surface area contributed by atoms with Crippen LogP contribution in [0.1, 0.15) is 44.4 Å². The van der Waals surface area contributed by atoms with E-state index in [0.29, 0.717) is 44.3 Å². The predicted octanol–water partition coefficient (Wildman–Crippen LogP) is 3.11. The molecule has 1 aliphatic rings. The highest BCUT2D eigenvalue weighted by Gasteiger charge is 2.30. The number of carbonyl (C=O) groups is 1. The number of ether oxygens (including phenoxy) is 3. The van der Waals surface area contributed by atoms with Crippen LogP contribution in [-0.4, -0.2) is 31.8 Å². The summed E-state index contributed by atoms with van der Waals surface area (Å²) in [7, 11) is 0. The van der Waals surface area contributed by atoms with Crippen molar-refractivity contribution in [2.75, 3.05) is 19.8 Å². The van der Waals surface area contributed by atoms with Crippen molar-refractivity contribution < 1.29 is 19.0 Å². The molecule has 2 aromatic rings. The summed E-state index contributed by atoms with van der Waals surface area (Å²) in [5, 5.41) is 3.00. The van der Waals surface area contributed by atoms with E-state index in [4.69, 9.17) is 14.2 Å². The second kappa shape index (κ2) is 10.8. The molecular formula is C23H31N3O4. The average molecular weight is 414 g/mol. The number of rotatable bonds is 10. The quantitative estimate of drug-likeness (QED) is 0.555. The zero-order chi connectivity index (χ0) is 21.3. The minimum absolute atomic E-state index is 0.0391. The van der Waals surface area contributed by atoms with Gasteiger partial charge in [-0.05, 0) is 62.6 Å². The third kappa shape index (κ3) is 5.64. The monoisotopic (exact) mass is 413 g/mol. The molecule has 1 heterocycles. The van der Waals surface area contributed by atoms with Crippen LogP contribution < -0.4 is 30.4 Å². The number of amides is 1. The summed E-state index contributed by atoms with van der Waals surface area (Å²) in [4.78, 5) is 12.6. The van der Waals surface area contributed by atoms with E-state index in [1.807, 2.05) is 63.2 Å². The Balaban J connectivity index is 1.53. The Morgan fingerprint density at radius 2 is 1.63 bits per heavy atom. The highest BCUT2D eigenvalue weighted by Crippen LogP contribution is 2.29. The zero-order valence-corrected chi connectivity index (χ0v) is 17.9. The molecule has 1 aliphatic heterocycles. The Morgan fingerprint density at radius 3 is 2.33 bits per heavy atom. The molecule has 0 radical (unpaired) electrons. The van der Waals surface area contributed by atoms with Gasteiger partial charge in [-0.2, -0.15) is 0 Å². The van der Waals surface area contributed by atoms with Crippen LogP contribution in [0.3, 0.4) is 0 Å². The molecule has 0 saturated carbocycles. The van der Waals surface area contributed by atoms with E-state index in [1.54, 1.807) is 0 Å². The average Bonchev–Trinajstić information content (AvgIpc) is 3.25. The predicted molar refractivity (Wildman–Crippen MR) is 116 cm³/mol. The van der Waals surface area contributed by atoms with Gasteiger partial charge in [-0.1, -0.05) is 18.2 Å². The van der Waals surface area contributed by atoms with E-state index in [-0.39, 0.29) is 18.0 Å². The smallest absolute Gasteiger partial charge is 0.238 e. The summed E-state index contributed by atoms with van der Waals surface area (Å²) >= 11 is 0. The Morgan fingerprint density at radius 1 is 0.933 bits per heavy atom. The van der Waals surface area contributed by atoms with Crippen LogP contribution in [0.4, 0.5) is 0 Å². The molecular weight excluding hydrogens is 382 g/mol. The lowest BCUT2D eigenvalue weighted by Gasteiger charge is -2.14. The van der Waals surface area contributed by atoms with E-state index < -0.39 is 0 Å². The molecule has 162 valence electrons. The number of hydrazine groups is 1. The normalized spacial score (nSPS) is 18.1. The van der Waals surface area contributed by atoms with Gasteiger partial charge in [0.25, 0.3) is 0 Å². The number of carbonyl (C=O) groups excluding carboxylic acids is 1. The SMILES string of the molecule is CCOc1ccc(C2CC(C(=O)NCc3ccc(OCC)c(OCC)c3)NN2)cc1. The van der Waals surface area contributed by atoms with Gasteiger partial charge >= 0.3 is 0 Å². The zero-order valence-electron chi connectivity index (χ0n) is 17.9. The standard InChI is InChI=1S/C23H31N3O4/c1-4-28-18-10-8-17(9-11-18)19-14-20(26-25-19)23(27)24-15-16-7-12-21(29-5-2)22(13-16)30-6-3/h7-13,19-20,25-26H,4-6,14-15H2,1-3H3,(H,24,27). The summed E-state index contributed by atoms with van der Waals surface area (Å²) in [6.07, 6.45) is 0.674. The van der Waals surface area contributed by atoms with Crippen LogP contribution in [0.5, 0.6) is 17.2 Å². The van der Waals surface area contributed by atoms with Crippen LogP contribution in [0, 0.1) is 0 Å². The van der Waals surface area contributed by atoms with Gasteiger partial charge < -0.3 is 19.5 Å². The van der Waals surface area contributed by atoms with Gasteiger partial charge in [-0.25, -0.2) is 10.9 Å². The topological polar surface area (TPSA) is 80.9 Å². The van der Waals surface area contributed by atoms with Crippen molar-refractivity contribution in [2.24, 2.45) is 0 Å². The van der Waals surface area contributed by atoms with E-state index in [0.717, 1.165) is 16.9 Å². The lowest BCUT2D eigenvalue weighted by Crippen LogP contribution is -2.42. The molecule has 0 spiro atoms. The van der Waals surface area contributed by atoms with Crippen molar-refractivity contribution in [3.63, 3.8) is 0 Å². The third-order valence-corrected chi connectivity index (χ3v) is 4.89. The highest BCUT2D eigenvalue weighted by atomic mass is 16.5.